The molecule has 2 rings (SSSR count). The first-order chi connectivity index (χ1) is 9.56. The second-order valence-electron chi connectivity index (χ2n) is 5.04. The van der Waals surface area contributed by atoms with Crippen molar-refractivity contribution in [3.05, 3.63) is 35.9 Å². The van der Waals surface area contributed by atoms with Crippen molar-refractivity contribution in [3.63, 3.8) is 0 Å². The molecule has 5 nitrogen and oxygen atoms in total. The summed E-state index contributed by atoms with van der Waals surface area (Å²) in [6.07, 6.45) is -2.59. The Morgan fingerprint density at radius 3 is 2.65 bits per heavy atom. The van der Waals surface area contributed by atoms with Crippen molar-refractivity contribution in [2.45, 2.75) is 38.1 Å². The molecule has 5 heteroatoms. The van der Waals surface area contributed by atoms with E-state index < -0.39 is 18.2 Å². The summed E-state index contributed by atoms with van der Waals surface area (Å²) in [6.45, 7) is 4.56. The SMILES string of the molecule is CCOC(=O)C(O)C(O)[C@H]1CN1[C@H](C)c1ccccc1. The topological polar surface area (TPSA) is 69.8 Å². The lowest BCUT2D eigenvalue weighted by molar-refractivity contribution is -0.159. The van der Waals surface area contributed by atoms with Crippen LogP contribution < -0.4 is 0 Å². The highest BCUT2D eigenvalue weighted by Gasteiger charge is 2.47. The van der Waals surface area contributed by atoms with Gasteiger partial charge in [0, 0.05) is 12.6 Å². The standard InChI is InChI=1S/C15H21NO4/c1-3-20-15(19)14(18)13(17)12-9-16(12)10(2)11-7-5-4-6-8-11/h4-8,10,12-14,17-18H,3,9H2,1-2H3/t10-,12-,13?,14?,16?/m1/s1. The van der Waals surface area contributed by atoms with Crippen LogP contribution in [0.25, 0.3) is 0 Å². The van der Waals surface area contributed by atoms with Crippen molar-refractivity contribution < 1.29 is 19.7 Å². The number of aliphatic hydroxyl groups is 2. The largest absolute Gasteiger partial charge is 0.464 e. The van der Waals surface area contributed by atoms with Gasteiger partial charge in [0.05, 0.1) is 12.6 Å². The van der Waals surface area contributed by atoms with Crippen LogP contribution in [0.2, 0.25) is 0 Å². The molecule has 2 N–H and O–H groups in total. The van der Waals surface area contributed by atoms with Gasteiger partial charge in [-0.1, -0.05) is 30.3 Å². The van der Waals surface area contributed by atoms with Crippen LogP contribution in [0.4, 0.5) is 0 Å². The summed E-state index contributed by atoms with van der Waals surface area (Å²) in [5, 5.41) is 19.8. The molecule has 110 valence electrons. The van der Waals surface area contributed by atoms with Gasteiger partial charge in [0.25, 0.3) is 0 Å². The van der Waals surface area contributed by atoms with Crippen molar-refractivity contribution in [2.75, 3.05) is 13.2 Å². The minimum absolute atomic E-state index is 0.144. The molecule has 1 aliphatic heterocycles. The number of hydrogen-bond donors (Lipinski definition) is 2. The average molecular weight is 279 g/mol. The van der Waals surface area contributed by atoms with E-state index in [1.807, 2.05) is 42.2 Å². The zero-order chi connectivity index (χ0) is 14.7. The summed E-state index contributed by atoms with van der Waals surface area (Å²) in [7, 11) is 0. The lowest BCUT2D eigenvalue weighted by Gasteiger charge is -2.19. The third kappa shape index (κ3) is 3.17. The molecule has 3 unspecified atom stereocenters. The number of ether oxygens (including phenoxy) is 1. The van der Waals surface area contributed by atoms with Gasteiger partial charge in [-0.2, -0.15) is 0 Å². The molecule has 0 saturated carbocycles. The molecule has 0 aliphatic carbocycles. The normalized spacial score (nSPS) is 25.6. The molecular weight excluding hydrogens is 258 g/mol. The number of aliphatic hydroxyl groups excluding tert-OH is 2. The Kier molecular flexibility index (Phi) is 4.75. The van der Waals surface area contributed by atoms with Crippen LogP contribution in [0, 0.1) is 0 Å². The van der Waals surface area contributed by atoms with Gasteiger partial charge in [0.1, 0.15) is 6.10 Å². The first kappa shape index (κ1) is 15.0. The second kappa shape index (κ2) is 6.35. The molecule has 0 bridgehead atoms. The Balaban J connectivity index is 1.92. The molecule has 0 aromatic heterocycles. The Morgan fingerprint density at radius 1 is 1.40 bits per heavy atom. The number of esters is 1. The van der Waals surface area contributed by atoms with Gasteiger partial charge in [-0.05, 0) is 19.4 Å². The van der Waals surface area contributed by atoms with Crippen LogP contribution in [0.15, 0.2) is 30.3 Å². The second-order valence-corrected chi connectivity index (χ2v) is 5.04. The Morgan fingerprint density at radius 2 is 2.05 bits per heavy atom. The minimum Gasteiger partial charge on any atom is -0.464 e. The number of hydrogen-bond acceptors (Lipinski definition) is 5. The summed E-state index contributed by atoms with van der Waals surface area (Å²) < 4.78 is 4.72. The maximum Gasteiger partial charge on any atom is 0.337 e. The lowest BCUT2D eigenvalue weighted by atomic mass is 10.1. The van der Waals surface area contributed by atoms with E-state index >= 15 is 0 Å². The Bertz CT molecular complexity index is 450. The van der Waals surface area contributed by atoms with Crippen molar-refractivity contribution in [1.82, 2.24) is 4.90 Å². The molecule has 1 saturated heterocycles. The Labute approximate surface area is 118 Å². The van der Waals surface area contributed by atoms with E-state index in [0.29, 0.717) is 6.54 Å². The fourth-order valence-corrected chi connectivity index (χ4v) is 2.42. The van der Waals surface area contributed by atoms with Gasteiger partial charge < -0.3 is 14.9 Å². The van der Waals surface area contributed by atoms with E-state index in [2.05, 4.69) is 0 Å². The molecule has 1 aromatic rings. The van der Waals surface area contributed by atoms with Crippen molar-refractivity contribution in [2.24, 2.45) is 0 Å². The molecule has 1 aliphatic rings. The molecule has 20 heavy (non-hydrogen) atoms. The van der Waals surface area contributed by atoms with Gasteiger partial charge in [-0.3, -0.25) is 4.90 Å². The quantitative estimate of drug-likeness (QED) is 0.593. The van der Waals surface area contributed by atoms with Crippen molar-refractivity contribution in [3.8, 4) is 0 Å². The van der Waals surface area contributed by atoms with Crippen molar-refractivity contribution in [1.29, 1.82) is 0 Å². The monoisotopic (exact) mass is 279 g/mol. The smallest absolute Gasteiger partial charge is 0.337 e. The highest BCUT2D eigenvalue weighted by Crippen LogP contribution is 2.34. The third-order valence-electron chi connectivity index (χ3n) is 3.72. The summed E-state index contributed by atoms with van der Waals surface area (Å²) >= 11 is 0. The maximum atomic E-state index is 11.4. The van der Waals surface area contributed by atoms with Gasteiger partial charge in [-0.15, -0.1) is 0 Å². The highest BCUT2D eigenvalue weighted by atomic mass is 16.5. The summed E-state index contributed by atoms with van der Waals surface area (Å²) in [5.41, 5.74) is 1.15. The average Bonchev–Trinajstić information content (AvgIpc) is 3.26. The van der Waals surface area contributed by atoms with Gasteiger partial charge in [-0.25, -0.2) is 4.79 Å². The highest BCUT2D eigenvalue weighted by molar-refractivity contribution is 5.75. The predicted molar refractivity (Wildman–Crippen MR) is 74.0 cm³/mol. The number of carbonyl (C=O) groups excluding carboxylic acids is 1. The third-order valence-corrected chi connectivity index (χ3v) is 3.72. The van der Waals surface area contributed by atoms with E-state index in [0.717, 1.165) is 5.56 Å². The summed E-state index contributed by atoms with van der Waals surface area (Å²) in [4.78, 5) is 13.5. The van der Waals surface area contributed by atoms with Gasteiger partial charge in [0.2, 0.25) is 0 Å². The van der Waals surface area contributed by atoms with Crippen LogP contribution in [0.1, 0.15) is 25.5 Å². The molecule has 1 heterocycles. The predicted octanol–water partition coefficient (Wildman–Crippen LogP) is 0.717. The number of nitrogens with zero attached hydrogens (tertiary/aromatic N) is 1. The summed E-state index contributed by atoms with van der Waals surface area (Å²) in [6, 6.07) is 9.87. The van der Waals surface area contributed by atoms with Crippen LogP contribution in [0.3, 0.4) is 0 Å². The molecule has 1 fully saturated rings. The maximum absolute atomic E-state index is 11.4. The zero-order valence-electron chi connectivity index (χ0n) is 11.8. The summed E-state index contributed by atoms with van der Waals surface area (Å²) in [5.74, 6) is -0.765. The van der Waals surface area contributed by atoms with E-state index in [1.165, 1.54) is 0 Å². The zero-order valence-corrected chi connectivity index (χ0v) is 11.8. The Hall–Kier alpha value is -1.43. The first-order valence-corrected chi connectivity index (χ1v) is 6.89. The molecule has 0 spiro atoms. The molecule has 5 atom stereocenters. The fourth-order valence-electron chi connectivity index (χ4n) is 2.42. The van der Waals surface area contributed by atoms with Crippen LogP contribution >= 0.6 is 0 Å². The fraction of sp³-hybridized carbons (Fsp3) is 0.533. The van der Waals surface area contributed by atoms with E-state index in [-0.39, 0.29) is 18.7 Å². The number of carbonyl (C=O) groups is 1. The van der Waals surface area contributed by atoms with E-state index in [4.69, 9.17) is 4.74 Å². The molecule has 1 aromatic carbocycles. The van der Waals surface area contributed by atoms with Gasteiger partial charge in [0.15, 0.2) is 6.10 Å². The number of benzene rings is 1. The van der Waals surface area contributed by atoms with Crippen LogP contribution in [0.5, 0.6) is 0 Å². The lowest BCUT2D eigenvalue weighted by Crippen LogP contribution is -2.40. The number of rotatable bonds is 6. The van der Waals surface area contributed by atoms with E-state index in [1.54, 1.807) is 6.92 Å². The minimum atomic E-state index is -1.48. The van der Waals surface area contributed by atoms with Crippen LogP contribution in [-0.4, -0.2) is 52.5 Å². The van der Waals surface area contributed by atoms with Crippen LogP contribution in [-0.2, 0) is 9.53 Å². The first-order valence-electron chi connectivity index (χ1n) is 6.89. The molecule has 0 radical (unpaired) electrons. The van der Waals surface area contributed by atoms with E-state index in [9.17, 15) is 15.0 Å². The van der Waals surface area contributed by atoms with Gasteiger partial charge >= 0.3 is 5.97 Å². The molecule has 0 amide bonds. The molecular formula is C15H21NO4. The van der Waals surface area contributed by atoms with Crippen molar-refractivity contribution >= 4 is 5.97 Å².